The maximum atomic E-state index is 6.23. The van der Waals surface area contributed by atoms with E-state index in [2.05, 4.69) is 18.9 Å². The first-order valence-electron chi connectivity index (χ1n) is 6.32. The van der Waals surface area contributed by atoms with Crippen molar-refractivity contribution in [3.63, 3.8) is 0 Å². The van der Waals surface area contributed by atoms with Crippen LogP contribution in [0.3, 0.4) is 0 Å². The van der Waals surface area contributed by atoms with Gasteiger partial charge in [0, 0.05) is 18.7 Å². The van der Waals surface area contributed by atoms with Crippen molar-refractivity contribution in [2.75, 3.05) is 20.3 Å². The molecule has 1 fully saturated rings. The van der Waals surface area contributed by atoms with E-state index in [0.29, 0.717) is 6.04 Å². The first-order valence-corrected chi connectivity index (χ1v) is 6.32. The molecule has 1 aromatic rings. The van der Waals surface area contributed by atoms with Crippen LogP contribution in [0.2, 0.25) is 0 Å². The summed E-state index contributed by atoms with van der Waals surface area (Å²) in [6, 6.07) is 4.60. The lowest BCUT2D eigenvalue weighted by Gasteiger charge is -2.34. The largest absolute Gasteiger partial charge is 0.468 e. The molecule has 0 amide bonds. The summed E-state index contributed by atoms with van der Waals surface area (Å²) in [6.07, 6.45) is 3.72. The summed E-state index contributed by atoms with van der Waals surface area (Å²) in [5, 5.41) is 0. The minimum atomic E-state index is 0.0896. The second-order valence-corrected chi connectivity index (χ2v) is 4.72. The Labute approximate surface area is 103 Å². The molecular formula is C13H22N2O2. The zero-order valence-corrected chi connectivity index (χ0v) is 10.6. The minimum absolute atomic E-state index is 0.0896. The molecule has 3 unspecified atom stereocenters. The Kier molecular flexibility index (Phi) is 4.20. The van der Waals surface area contributed by atoms with E-state index in [0.717, 1.165) is 31.8 Å². The molecule has 4 heteroatoms. The van der Waals surface area contributed by atoms with Gasteiger partial charge in [0.25, 0.3) is 0 Å². The Morgan fingerprint density at radius 1 is 1.59 bits per heavy atom. The summed E-state index contributed by atoms with van der Waals surface area (Å²) < 4.78 is 11.0. The van der Waals surface area contributed by atoms with Gasteiger partial charge in [-0.1, -0.05) is 6.92 Å². The van der Waals surface area contributed by atoms with Crippen LogP contribution in [0.25, 0.3) is 0 Å². The van der Waals surface area contributed by atoms with Crippen LogP contribution < -0.4 is 5.73 Å². The third kappa shape index (κ3) is 2.70. The van der Waals surface area contributed by atoms with Crippen molar-refractivity contribution < 1.29 is 9.15 Å². The second kappa shape index (κ2) is 5.67. The first-order chi connectivity index (χ1) is 8.24. The van der Waals surface area contributed by atoms with E-state index >= 15 is 0 Å². The fourth-order valence-electron chi connectivity index (χ4n) is 2.47. The average molecular weight is 238 g/mol. The maximum absolute atomic E-state index is 6.23. The molecule has 1 aliphatic rings. The Hall–Kier alpha value is -0.840. The van der Waals surface area contributed by atoms with Crippen molar-refractivity contribution in [1.82, 2.24) is 4.90 Å². The monoisotopic (exact) mass is 238 g/mol. The van der Waals surface area contributed by atoms with Crippen molar-refractivity contribution in [2.24, 2.45) is 5.73 Å². The highest BCUT2D eigenvalue weighted by Crippen LogP contribution is 2.28. The zero-order chi connectivity index (χ0) is 12.3. The Bertz CT molecular complexity index is 320. The molecule has 4 nitrogen and oxygen atoms in total. The lowest BCUT2D eigenvalue weighted by Crippen LogP contribution is -2.44. The van der Waals surface area contributed by atoms with Crippen LogP contribution in [-0.2, 0) is 4.74 Å². The molecule has 0 radical (unpaired) electrons. The molecule has 0 saturated carbocycles. The van der Waals surface area contributed by atoms with Gasteiger partial charge in [-0.2, -0.15) is 0 Å². The van der Waals surface area contributed by atoms with Gasteiger partial charge in [-0.3, -0.25) is 4.90 Å². The quantitative estimate of drug-likeness (QED) is 0.849. The number of hydrogen-bond acceptors (Lipinski definition) is 4. The molecule has 1 saturated heterocycles. The molecule has 0 aromatic carbocycles. The van der Waals surface area contributed by atoms with E-state index < -0.39 is 0 Å². The fraction of sp³-hybridized carbons (Fsp3) is 0.692. The topological polar surface area (TPSA) is 51.6 Å². The van der Waals surface area contributed by atoms with Crippen molar-refractivity contribution in [3.05, 3.63) is 24.2 Å². The van der Waals surface area contributed by atoms with Gasteiger partial charge in [0.2, 0.25) is 0 Å². The van der Waals surface area contributed by atoms with Crippen LogP contribution in [0.4, 0.5) is 0 Å². The van der Waals surface area contributed by atoms with Gasteiger partial charge >= 0.3 is 0 Å². The third-order valence-electron chi connectivity index (χ3n) is 3.63. The highest BCUT2D eigenvalue weighted by Gasteiger charge is 2.32. The van der Waals surface area contributed by atoms with Crippen LogP contribution in [0.1, 0.15) is 31.6 Å². The number of likely N-dealkylation sites (N-methyl/N-ethyl adjacent to an activating group) is 1. The van der Waals surface area contributed by atoms with Crippen LogP contribution >= 0.6 is 0 Å². The van der Waals surface area contributed by atoms with E-state index in [-0.39, 0.29) is 12.1 Å². The molecule has 2 heterocycles. The second-order valence-electron chi connectivity index (χ2n) is 4.72. The van der Waals surface area contributed by atoms with Gasteiger partial charge < -0.3 is 14.9 Å². The molecule has 0 bridgehead atoms. The van der Waals surface area contributed by atoms with Crippen molar-refractivity contribution in [3.8, 4) is 0 Å². The standard InChI is InChI=1S/C13H22N2O2/c1-3-11(14)13(12-5-4-7-17-12)15(2)10-6-8-16-9-10/h4-5,7,10-11,13H,3,6,8-9,14H2,1-2H3. The predicted octanol–water partition coefficient (Wildman–Crippen LogP) is 1.78. The Morgan fingerprint density at radius 2 is 2.41 bits per heavy atom. The molecule has 3 atom stereocenters. The molecule has 0 aliphatic carbocycles. The van der Waals surface area contributed by atoms with Crippen LogP contribution in [0, 0.1) is 0 Å². The summed E-state index contributed by atoms with van der Waals surface area (Å²) in [5.74, 6) is 0.953. The number of rotatable bonds is 5. The Morgan fingerprint density at radius 3 is 2.94 bits per heavy atom. The van der Waals surface area contributed by atoms with Crippen LogP contribution in [0.15, 0.2) is 22.8 Å². The number of ether oxygens (including phenoxy) is 1. The molecule has 1 aromatic heterocycles. The van der Waals surface area contributed by atoms with Gasteiger partial charge in [-0.15, -0.1) is 0 Å². The number of furan rings is 1. The fourth-order valence-corrected chi connectivity index (χ4v) is 2.47. The smallest absolute Gasteiger partial charge is 0.122 e. The molecule has 17 heavy (non-hydrogen) atoms. The van der Waals surface area contributed by atoms with E-state index in [1.807, 2.05) is 12.1 Å². The number of nitrogens with two attached hydrogens (primary N) is 1. The SMILES string of the molecule is CCC(N)C(c1ccco1)N(C)C1CCOC1. The third-order valence-corrected chi connectivity index (χ3v) is 3.63. The lowest BCUT2D eigenvalue weighted by atomic mass is 10.0. The molecule has 2 N–H and O–H groups in total. The van der Waals surface area contributed by atoms with E-state index in [1.54, 1.807) is 6.26 Å². The van der Waals surface area contributed by atoms with E-state index in [1.165, 1.54) is 0 Å². The van der Waals surface area contributed by atoms with Gasteiger partial charge in [0.1, 0.15) is 5.76 Å². The summed E-state index contributed by atoms with van der Waals surface area (Å²) in [5.41, 5.74) is 6.23. The van der Waals surface area contributed by atoms with Crippen LogP contribution in [-0.4, -0.2) is 37.2 Å². The average Bonchev–Trinajstić information content (AvgIpc) is 3.01. The lowest BCUT2D eigenvalue weighted by molar-refractivity contribution is 0.108. The first kappa shape index (κ1) is 12.6. The summed E-state index contributed by atoms with van der Waals surface area (Å²) in [4.78, 5) is 2.31. The number of nitrogens with zero attached hydrogens (tertiary/aromatic N) is 1. The van der Waals surface area contributed by atoms with Crippen molar-refractivity contribution in [1.29, 1.82) is 0 Å². The van der Waals surface area contributed by atoms with Crippen molar-refractivity contribution in [2.45, 2.75) is 37.9 Å². The minimum Gasteiger partial charge on any atom is -0.468 e. The molecule has 0 spiro atoms. The highest BCUT2D eigenvalue weighted by atomic mass is 16.5. The number of hydrogen-bond donors (Lipinski definition) is 1. The normalized spacial score (nSPS) is 24.1. The summed E-state index contributed by atoms with van der Waals surface area (Å²) in [6.45, 7) is 3.75. The van der Waals surface area contributed by atoms with Crippen LogP contribution in [0.5, 0.6) is 0 Å². The molecular weight excluding hydrogens is 216 g/mol. The Balaban J connectivity index is 2.14. The van der Waals surface area contributed by atoms with Gasteiger partial charge in [-0.25, -0.2) is 0 Å². The molecule has 1 aliphatic heterocycles. The van der Waals surface area contributed by atoms with E-state index in [4.69, 9.17) is 14.9 Å². The highest BCUT2D eigenvalue weighted by molar-refractivity contribution is 5.08. The van der Waals surface area contributed by atoms with Gasteiger partial charge in [0.15, 0.2) is 0 Å². The summed E-state index contributed by atoms with van der Waals surface area (Å²) in [7, 11) is 2.11. The van der Waals surface area contributed by atoms with E-state index in [9.17, 15) is 0 Å². The molecule has 96 valence electrons. The van der Waals surface area contributed by atoms with Gasteiger partial charge in [0.05, 0.1) is 18.9 Å². The zero-order valence-electron chi connectivity index (χ0n) is 10.6. The maximum Gasteiger partial charge on any atom is 0.122 e. The van der Waals surface area contributed by atoms with Crippen molar-refractivity contribution >= 4 is 0 Å². The molecule has 2 rings (SSSR count). The predicted molar refractivity (Wildman–Crippen MR) is 66.7 cm³/mol. The summed E-state index contributed by atoms with van der Waals surface area (Å²) >= 11 is 0. The van der Waals surface area contributed by atoms with Gasteiger partial charge in [-0.05, 0) is 32.0 Å².